The van der Waals surface area contributed by atoms with Crippen LogP contribution >= 0.6 is 0 Å². The maximum absolute atomic E-state index is 11.7. The molecule has 0 spiro atoms. The van der Waals surface area contributed by atoms with Gasteiger partial charge in [-0.2, -0.15) is 0 Å². The highest BCUT2D eigenvalue weighted by molar-refractivity contribution is 5.91. The van der Waals surface area contributed by atoms with E-state index in [1.54, 1.807) is 18.5 Å². The lowest BCUT2D eigenvalue weighted by atomic mass is 10.1. The molecule has 2 aromatic rings. The predicted molar refractivity (Wildman–Crippen MR) is 76.3 cm³/mol. The van der Waals surface area contributed by atoms with Crippen LogP contribution in [0.2, 0.25) is 0 Å². The number of nitrogens with one attached hydrogen (secondary N) is 1. The van der Waals surface area contributed by atoms with E-state index in [1.165, 1.54) is 5.56 Å². The fourth-order valence-electron chi connectivity index (χ4n) is 1.70. The minimum Gasteiger partial charge on any atom is -0.348 e. The van der Waals surface area contributed by atoms with E-state index in [0.29, 0.717) is 6.54 Å². The van der Waals surface area contributed by atoms with E-state index < -0.39 is 0 Å². The van der Waals surface area contributed by atoms with Crippen LogP contribution in [0, 0.1) is 6.92 Å². The smallest absolute Gasteiger partial charge is 0.244 e. The summed E-state index contributed by atoms with van der Waals surface area (Å²) in [5.41, 5.74) is 3.19. The summed E-state index contributed by atoms with van der Waals surface area (Å²) in [6, 6.07) is 11.8. The van der Waals surface area contributed by atoms with Crippen LogP contribution in [0.5, 0.6) is 0 Å². The SMILES string of the molecule is Cc1cccc(/C=C/C(=O)NCc2cccnc2)c1. The number of carbonyl (C=O) groups excluding carboxylic acids is 1. The molecule has 96 valence electrons. The quantitative estimate of drug-likeness (QED) is 0.850. The number of benzene rings is 1. The fourth-order valence-corrected chi connectivity index (χ4v) is 1.70. The molecule has 0 radical (unpaired) electrons. The molecule has 0 aliphatic carbocycles. The number of rotatable bonds is 4. The number of pyridine rings is 1. The minimum atomic E-state index is -0.106. The van der Waals surface area contributed by atoms with E-state index in [0.717, 1.165) is 11.1 Å². The molecule has 0 bridgehead atoms. The van der Waals surface area contributed by atoms with Crippen LogP contribution in [-0.4, -0.2) is 10.9 Å². The Kier molecular flexibility index (Phi) is 4.45. The van der Waals surface area contributed by atoms with Crippen molar-refractivity contribution < 1.29 is 4.79 Å². The Bertz CT molecular complexity index is 576. The third-order valence-corrected chi connectivity index (χ3v) is 2.66. The fraction of sp³-hybridized carbons (Fsp3) is 0.125. The van der Waals surface area contributed by atoms with Crippen molar-refractivity contribution in [2.45, 2.75) is 13.5 Å². The number of aromatic nitrogens is 1. The summed E-state index contributed by atoms with van der Waals surface area (Å²) in [5, 5.41) is 2.82. The van der Waals surface area contributed by atoms with Crippen LogP contribution in [-0.2, 0) is 11.3 Å². The van der Waals surface area contributed by atoms with Gasteiger partial charge in [-0.1, -0.05) is 35.9 Å². The molecule has 2 rings (SSSR count). The van der Waals surface area contributed by atoms with Crippen molar-refractivity contribution in [3.05, 3.63) is 71.6 Å². The molecule has 3 nitrogen and oxygen atoms in total. The van der Waals surface area contributed by atoms with Gasteiger partial charge in [-0.25, -0.2) is 0 Å². The van der Waals surface area contributed by atoms with E-state index in [1.807, 2.05) is 49.4 Å². The molecule has 0 atom stereocenters. The zero-order valence-electron chi connectivity index (χ0n) is 10.8. The summed E-state index contributed by atoms with van der Waals surface area (Å²) in [6.45, 7) is 2.52. The summed E-state index contributed by atoms with van der Waals surface area (Å²) in [5.74, 6) is -0.106. The van der Waals surface area contributed by atoms with Crippen LogP contribution in [0.4, 0.5) is 0 Å². The van der Waals surface area contributed by atoms with E-state index in [9.17, 15) is 4.79 Å². The Balaban J connectivity index is 1.88. The Morgan fingerprint density at radius 3 is 2.95 bits per heavy atom. The van der Waals surface area contributed by atoms with E-state index in [4.69, 9.17) is 0 Å². The van der Waals surface area contributed by atoms with Crippen LogP contribution in [0.3, 0.4) is 0 Å². The lowest BCUT2D eigenvalue weighted by molar-refractivity contribution is -0.116. The first-order chi connectivity index (χ1) is 9.24. The van der Waals surface area contributed by atoms with Crippen molar-refractivity contribution >= 4 is 12.0 Å². The Hall–Kier alpha value is -2.42. The largest absolute Gasteiger partial charge is 0.348 e. The van der Waals surface area contributed by atoms with Crippen molar-refractivity contribution in [3.8, 4) is 0 Å². The summed E-state index contributed by atoms with van der Waals surface area (Å²) >= 11 is 0. The third-order valence-electron chi connectivity index (χ3n) is 2.66. The van der Waals surface area contributed by atoms with E-state index >= 15 is 0 Å². The maximum Gasteiger partial charge on any atom is 0.244 e. The molecule has 1 aromatic carbocycles. The molecule has 3 heteroatoms. The third kappa shape index (κ3) is 4.39. The molecule has 0 aliphatic heterocycles. The number of hydrogen-bond acceptors (Lipinski definition) is 2. The van der Waals surface area contributed by atoms with Gasteiger partial charge in [-0.3, -0.25) is 9.78 Å². The Labute approximate surface area is 113 Å². The monoisotopic (exact) mass is 252 g/mol. The molecule has 1 amide bonds. The molecule has 0 fully saturated rings. The normalized spacial score (nSPS) is 10.6. The minimum absolute atomic E-state index is 0.106. The molecule has 19 heavy (non-hydrogen) atoms. The first kappa shape index (κ1) is 13.0. The summed E-state index contributed by atoms with van der Waals surface area (Å²) in [7, 11) is 0. The molecule has 0 saturated carbocycles. The lowest BCUT2D eigenvalue weighted by Gasteiger charge is -2.01. The van der Waals surface area contributed by atoms with Gasteiger partial charge in [0, 0.05) is 25.0 Å². The van der Waals surface area contributed by atoms with Gasteiger partial charge >= 0.3 is 0 Å². The topological polar surface area (TPSA) is 42.0 Å². The number of hydrogen-bond donors (Lipinski definition) is 1. The van der Waals surface area contributed by atoms with Crippen LogP contribution in [0.15, 0.2) is 54.9 Å². The van der Waals surface area contributed by atoms with Crippen LogP contribution in [0.1, 0.15) is 16.7 Å². The van der Waals surface area contributed by atoms with Gasteiger partial charge in [-0.05, 0) is 30.2 Å². The molecule has 1 heterocycles. The average molecular weight is 252 g/mol. The molecule has 0 aliphatic rings. The van der Waals surface area contributed by atoms with Gasteiger partial charge in [0.25, 0.3) is 0 Å². The van der Waals surface area contributed by atoms with Gasteiger partial charge in [0.05, 0.1) is 0 Å². The van der Waals surface area contributed by atoms with Gasteiger partial charge in [0.1, 0.15) is 0 Å². The van der Waals surface area contributed by atoms with Crippen molar-refractivity contribution in [1.82, 2.24) is 10.3 Å². The number of aryl methyl sites for hydroxylation is 1. The molecule has 0 saturated heterocycles. The lowest BCUT2D eigenvalue weighted by Crippen LogP contribution is -2.20. The second-order valence-electron chi connectivity index (χ2n) is 4.33. The molecular formula is C16H16N2O. The molecule has 1 N–H and O–H groups in total. The highest BCUT2D eigenvalue weighted by Gasteiger charge is 1.96. The van der Waals surface area contributed by atoms with Crippen LogP contribution in [0.25, 0.3) is 6.08 Å². The van der Waals surface area contributed by atoms with Crippen LogP contribution < -0.4 is 5.32 Å². The van der Waals surface area contributed by atoms with Crippen molar-refractivity contribution in [3.63, 3.8) is 0 Å². The second-order valence-corrected chi connectivity index (χ2v) is 4.33. The van der Waals surface area contributed by atoms with Crippen molar-refractivity contribution in [2.24, 2.45) is 0 Å². The Morgan fingerprint density at radius 1 is 1.32 bits per heavy atom. The number of carbonyl (C=O) groups is 1. The number of nitrogens with zero attached hydrogens (tertiary/aromatic N) is 1. The maximum atomic E-state index is 11.7. The van der Waals surface area contributed by atoms with Gasteiger partial charge < -0.3 is 5.32 Å². The summed E-state index contributed by atoms with van der Waals surface area (Å²) in [4.78, 5) is 15.7. The second kappa shape index (κ2) is 6.50. The average Bonchev–Trinajstić information content (AvgIpc) is 2.44. The summed E-state index contributed by atoms with van der Waals surface area (Å²) < 4.78 is 0. The van der Waals surface area contributed by atoms with E-state index in [-0.39, 0.29) is 5.91 Å². The molecule has 0 unspecified atom stereocenters. The van der Waals surface area contributed by atoms with Gasteiger partial charge in [0.2, 0.25) is 5.91 Å². The first-order valence-corrected chi connectivity index (χ1v) is 6.15. The van der Waals surface area contributed by atoms with E-state index in [2.05, 4.69) is 10.3 Å². The van der Waals surface area contributed by atoms with Crippen molar-refractivity contribution in [1.29, 1.82) is 0 Å². The molecule has 1 aromatic heterocycles. The zero-order chi connectivity index (χ0) is 13.5. The molecular weight excluding hydrogens is 236 g/mol. The first-order valence-electron chi connectivity index (χ1n) is 6.15. The zero-order valence-corrected chi connectivity index (χ0v) is 10.8. The van der Waals surface area contributed by atoms with Gasteiger partial charge in [-0.15, -0.1) is 0 Å². The van der Waals surface area contributed by atoms with Gasteiger partial charge in [0.15, 0.2) is 0 Å². The van der Waals surface area contributed by atoms with Crippen molar-refractivity contribution in [2.75, 3.05) is 0 Å². The Morgan fingerprint density at radius 2 is 2.21 bits per heavy atom. The summed E-state index contributed by atoms with van der Waals surface area (Å²) in [6.07, 6.45) is 6.81. The highest BCUT2D eigenvalue weighted by Crippen LogP contribution is 2.05. The number of amides is 1. The predicted octanol–water partition coefficient (Wildman–Crippen LogP) is 2.72. The standard InChI is InChI=1S/C16H16N2O/c1-13-4-2-5-14(10-13)7-8-16(19)18-12-15-6-3-9-17-11-15/h2-11H,12H2,1H3,(H,18,19)/b8-7+. The highest BCUT2D eigenvalue weighted by atomic mass is 16.1.